The predicted molar refractivity (Wildman–Crippen MR) is 111 cm³/mol. The van der Waals surface area contributed by atoms with Crippen LogP contribution in [0.1, 0.15) is 36.1 Å². The smallest absolute Gasteiger partial charge is 0.325 e. The molecule has 1 unspecified atom stereocenters. The largest absolute Gasteiger partial charge is 0.391 e. The number of carbonyl (C=O) groups is 1. The number of benzene rings is 2. The maximum atomic E-state index is 13.2. The Morgan fingerprint density at radius 3 is 2.21 bits per heavy atom. The van der Waals surface area contributed by atoms with Crippen LogP contribution in [0.25, 0.3) is 0 Å². The van der Waals surface area contributed by atoms with Crippen molar-refractivity contribution in [3.63, 3.8) is 0 Å². The quantitative estimate of drug-likeness (QED) is 0.769. The molecule has 1 fully saturated rings. The van der Waals surface area contributed by atoms with Gasteiger partial charge in [-0.25, -0.2) is 4.79 Å². The van der Waals surface area contributed by atoms with Gasteiger partial charge >= 0.3 is 6.03 Å². The highest BCUT2D eigenvalue weighted by atomic mass is 35.5. The second kappa shape index (κ2) is 8.11. The molecule has 3 atom stereocenters. The molecule has 2 aromatic rings. The normalized spacial score (nSPS) is 24.6. The summed E-state index contributed by atoms with van der Waals surface area (Å²) in [6, 6.07) is 14.4. The van der Waals surface area contributed by atoms with Gasteiger partial charge in [0, 0.05) is 23.1 Å². The molecule has 0 saturated carbocycles. The van der Waals surface area contributed by atoms with E-state index in [0.717, 1.165) is 24.0 Å². The van der Waals surface area contributed by atoms with E-state index in [1.807, 2.05) is 48.5 Å². The molecule has 0 spiro atoms. The molecule has 2 aromatic carbocycles. The second-order valence-electron chi connectivity index (χ2n) is 7.19. The van der Waals surface area contributed by atoms with Crippen molar-refractivity contribution in [3.8, 4) is 0 Å². The third kappa shape index (κ3) is 3.88. The number of urea groups is 1. The van der Waals surface area contributed by atoms with Gasteiger partial charge in [0.2, 0.25) is 0 Å². The first-order chi connectivity index (χ1) is 13.5. The number of halogens is 2. The molecule has 28 heavy (non-hydrogen) atoms. The molecule has 0 aliphatic carbocycles. The van der Waals surface area contributed by atoms with Crippen molar-refractivity contribution < 1.29 is 9.90 Å². The van der Waals surface area contributed by atoms with Crippen LogP contribution in [0.2, 0.25) is 10.0 Å². The molecule has 7 heteroatoms. The van der Waals surface area contributed by atoms with E-state index in [9.17, 15) is 9.90 Å². The third-order valence-electron chi connectivity index (χ3n) is 5.26. The summed E-state index contributed by atoms with van der Waals surface area (Å²) in [5, 5.41) is 11.3. The summed E-state index contributed by atoms with van der Waals surface area (Å²) < 4.78 is 0. The molecule has 0 bridgehead atoms. The Labute approximate surface area is 174 Å². The number of aliphatic hydroxyl groups excluding tert-OH is 1. The molecule has 1 N–H and O–H groups in total. The number of aliphatic imine (C=N–C) groups is 1. The summed E-state index contributed by atoms with van der Waals surface area (Å²) in [4.78, 5) is 21.2. The number of rotatable bonds is 2. The number of β-amino-alcohol motifs (C(OH)–C–C–N with tert-alkyl or cyclic N) is 1. The van der Waals surface area contributed by atoms with Crippen LogP contribution >= 0.6 is 23.2 Å². The van der Waals surface area contributed by atoms with Crippen molar-refractivity contribution in [1.82, 2.24) is 9.80 Å². The lowest BCUT2D eigenvalue weighted by atomic mass is 9.94. The van der Waals surface area contributed by atoms with E-state index in [1.54, 1.807) is 16.1 Å². The van der Waals surface area contributed by atoms with Crippen LogP contribution in [-0.4, -0.2) is 46.5 Å². The molecular formula is C21H21Cl2N3O2. The lowest BCUT2D eigenvalue weighted by Crippen LogP contribution is -2.48. The number of amides is 2. The summed E-state index contributed by atoms with van der Waals surface area (Å²) in [7, 11) is 0. The van der Waals surface area contributed by atoms with Gasteiger partial charge in [0.25, 0.3) is 0 Å². The van der Waals surface area contributed by atoms with Gasteiger partial charge in [0.1, 0.15) is 6.04 Å². The van der Waals surface area contributed by atoms with Gasteiger partial charge in [-0.3, -0.25) is 9.89 Å². The summed E-state index contributed by atoms with van der Waals surface area (Å²) in [5.74, 6) is 0. The first-order valence-corrected chi connectivity index (χ1v) is 10.1. The molecule has 1 saturated heterocycles. The maximum Gasteiger partial charge on any atom is 0.325 e. The monoisotopic (exact) mass is 417 g/mol. The highest BCUT2D eigenvalue weighted by molar-refractivity contribution is 6.30. The van der Waals surface area contributed by atoms with E-state index < -0.39 is 6.10 Å². The number of aliphatic hydroxyl groups is 1. The van der Waals surface area contributed by atoms with Crippen molar-refractivity contribution >= 4 is 35.6 Å². The number of hydrogen-bond acceptors (Lipinski definition) is 3. The summed E-state index contributed by atoms with van der Waals surface area (Å²) in [5.41, 5.74) is 1.93. The standard InChI is InChI=1S/C21H21Cl2N3O2/c22-16-7-3-14(4-8-16)19-20(15-5-9-17(23)10-6-15)26(13-24-19)21(28)25-11-1-2-18(27)12-25/h3-10,13,18-20,27H,1-2,11-12H2/t18?,19-,20+/m0/s1. The molecule has 2 amide bonds. The van der Waals surface area contributed by atoms with Gasteiger partial charge in [-0.15, -0.1) is 0 Å². The summed E-state index contributed by atoms with van der Waals surface area (Å²) in [6.45, 7) is 0.987. The van der Waals surface area contributed by atoms with Gasteiger partial charge in [0.15, 0.2) is 0 Å². The number of hydrogen-bond donors (Lipinski definition) is 1. The van der Waals surface area contributed by atoms with Crippen LogP contribution in [-0.2, 0) is 0 Å². The predicted octanol–water partition coefficient (Wildman–Crippen LogP) is 4.70. The van der Waals surface area contributed by atoms with Crippen molar-refractivity contribution in [2.45, 2.75) is 31.0 Å². The van der Waals surface area contributed by atoms with E-state index in [1.165, 1.54) is 0 Å². The fourth-order valence-corrected chi connectivity index (χ4v) is 4.09. The van der Waals surface area contributed by atoms with Crippen LogP contribution in [0.15, 0.2) is 53.5 Å². The lowest BCUT2D eigenvalue weighted by Gasteiger charge is -2.35. The fraction of sp³-hybridized carbons (Fsp3) is 0.333. The Balaban J connectivity index is 1.67. The van der Waals surface area contributed by atoms with E-state index in [-0.39, 0.29) is 18.1 Å². The SMILES string of the molecule is O=C(N1CCCC(O)C1)N1C=N[C@@H](c2ccc(Cl)cc2)[C@H]1c1ccc(Cl)cc1. The van der Waals surface area contributed by atoms with Gasteiger partial charge in [-0.2, -0.15) is 0 Å². The average Bonchev–Trinajstić information content (AvgIpc) is 3.13. The number of nitrogens with zero attached hydrogens (tertiary/aromatic N) is 3. The van der Waals surface area contributed by atoms with E-state index in [4.69, 9.17) is 23.2 Å². The molecule has 0 radical (unpaired) electrons. The van der Waals surface area contributed by atoms with Crippen LogP contribution in [0.5, 0.6) is 0 Å². The van der Waals surface area contributed by atoms with Crippen molar-refractivity contribution in [2.75, 3.05) is 13.1 Å². The van der Waals surface area contributed by atoms with Crippen molar-refractivity contribution in [2.24, 2.45) is 4.99 Å². The van der Waals surface area contributed by atoms with Gasteiger partial charge < -0.3 is 10.0 Å². The summed E-state index contributed by atoms with van der Waals surface area (Å²) in [6.07, 6.45) is 2.66. The lowest BCUT2D eigenvalue weighted by molar-refractivity contribution is 0.0749. The minimum Gasteiger partial charge on any atom is -0.391 e. The van der Waals surface area contributed by atoms with Gasteiger partial charge in [-0.05, 0) is 48.2 Å². The molecule has 2 heterocycles. The van der Waals surface area contributed by atoms with Gasteiger partial charge in [0.05, 0.1) is 18.5 Å². The molecule has 0 aromatic heterocycles. The Morgan fingerprint density at radius 2 is 1.61 bits per heavy atom. The summed E-state index contributed by atoms with van der Waals surface area (Å²) >= 11 is 12.1. The van der Waals surface area contributed by atoms with Gasteiger partial charge in [-0.1, -0.05) is 47.5 Å². The van der Waals surface area contributed by atoms with Crippen LogP contribution < -0.4 is 0 Å². The molecule has 5 nitrogen and oxygen atoms in total. The minimum atomic E-state index is -0.474. The molecular weight excluding hydrogens is 397 g/mol. The Morgan fingerprint density at radius 1 is 1.00 bits per heavy atom. The van der Waals surface area contributed by atoms with Crippen LogP contribution in [0.3, 0.4) is 0 Å². The minimum absolute atomic E-state index is 0.140. The second-order valence-corrected chi connectivity index (χ2v) is 8.06. The molecule has 2 aliphatic rings. The Kier molecular flexibility index (Phi) is 5.58. The number of carbonyl (C=O) groups excluding carboxylic acids is 1. The maximum absolute atomic E-state index is 13.2. The van der Waals surface area contributed by atoms with E-state index in [2.05, 4.69) is 4.99 Å². The van der Waals surface area contributed by atoms with Crippen molar-refractivity contribution in [3.05, 3.63) is 69.7 Å². The molecule has 146 valence electrons. The molecule has 4 rings (SSSR count). The topological polar surface area (TPSA) is 56.1 Å². The highest BCUT2D eigenvalue weighted by Crippen LogP contribution is 2.41. The third-order valence-corrected chi connectivity index (χ3v) is 5.77. The highest BCUT2D eigenvalue weighted by Gasteiger charge is 2.39. The first-order valence-electron chi connectivity index (χ1n) is 9.32. The Bertz CT molecular complexity index is 870. The number of likely N-dealkylation sites (tertiary alicyclic amines) is 1. The van der Waals surface area contributed by atoms with E-state index in [0.29, 0.717) is 23.1 Å². The zero-order chi connectivity index (χ0) is 19.7. The molecule has 2 aliphatic heterocycles. The van der Waals surface area contributed by atoms with Crippen LogP contribution in [0.4, 0.5) is 4.79 Å². The number of piperidine rings is 1. The van der Waals surface area contributed by atoms with Crippen LogP contribution in [0, 0.1) is 0 Å². The zero-order valence-corrected chi connectivity index (χ0v) is 16.7. The van der Waals surface area contributed by atoms with E-state index >= 15 is 0 Å². The fourth-order valence-electron chi connectivity index (χ4n) is 3.84. The Hall–Kier alpha value is -2.08. The average molecular weight is 418 g/mol. The first kappa shape index (κ1) is 19.2. The van der Waals surface area contributed by atoms with Crippen molar-refractivity contribution in [1.29, 1.82) is 0 Å². The zero-order valence-electron chi connectivity index (χ0n) is 15.2.